The minimum absolute atomic E-state index is 0.207. The Hall–Kier alpha value is -1.32. The van der Waals surface area contributed by atoms with E-state index in [0.717, 1.165) is 12.2 Å². The van der Waals surface area contributed by atoms with Gasteiger partial charge in [0.05, 0.1) is 6.61 Å². The predicted octanol–water partition coefficient (Wildman–Crippen LogP) is 2.64. The molecule has 4 nitrogen and oxygen atoms in total. The maximum Gasteiger partial charge on any atom is 0.226 e. The topological polar surface area (TPSA) is 47.0 Å². The van der Waals surface area contributed by atoms with E-state index in [-0.39, 0.29) is 5.41 Å². The summed E-state index contributed by atoms with van der Waals surface area (Å²) in [6.45, 7) is 11.8. The van der Waals surface area contributed by atoms with E-state index < -0.39 is 0 Å². The molecule has 1 N–H and O–H groups in total. The summed E-state index contributed by atoms with van der Waals surface area (Å²) in [5.41, 5.74) is 1.12. The van der Waals surface area contributed by atoms with Gasteiger partial charge in [-0.3, -0.25) is 0 Å². The third-order valence-corrected chi connectivity index (χ3v) is 1.90. The van der Waals surface area contributed by atoms with Crippen LogP contribution in [0.2, 0.25) is 0 Å². The normalized spacial score (nSPS) is 11.3. The van der Waals surface area contributed by atoms with Gasteiger partial charge < -0.3 is 10.1 Å². The number of ether oxygens (including phenoxy) is 1. The lowest BCUT2D eigenvalue weighted by atomic mass is 9.97. The van der Waals surface area contributed by atoms with Gasteiger partial charge >= 0.3 is 0 Å². The molecular weight excluding hydrogens is 202 g/mol. The smallest absolute Gasteiger partial charge is 0.226 e. The van der Waals surface area contributed by atoms with Gasteiger partial charge in [-0.1, -0.05) is 20.8 Å². The molecule has 0 unspecified atom stereocenters. The molecule has 0 atom stereocenters. The van der Waals surface area contributed by atoms with Crippen molar-refractivity contribution in [2.24, 2.45) is 5.41 Å². The summed E-state index contributed by atoms with van der Waals surface area (Å²) in [6, 6.07) is 1.84. The Kier molecular flexibility index (Phi) is 4.10. The van der Waals surface area contributed by atoms with Crippen molar-refractivity contribution in [1.82, 2.24) is 9.97 Å². The van der Waals surface area contributed by atoms with Gasteiger partial charge in [0.25, 0.3) is 0 Å². The van der Waals surface area contributed by atoms with E-state index in [9.17, 15) is 0 Å². The molecule has 0 aromatic carbocycles. The zero-order valence-corrected chi connectivity index (χ0v) is 10.8. The summed E-state index contributed by atoms with van der Waals surface area (Å²) in [4.78, 5) is 8.60. The van der Waals surface area contributed by atoms with Crippen LogP contribution in [0.1, 0.15) is 33.4 Å². The van der Waals surface area contributed by atoms with Crippen LogP contribution >= 0.6 is 0 Å². The Balaban J connectivity index is 2.72. The fourth-order valence-corrected chi connectivity index (χ4v) is 1.18. The fourth-order valence-electron chi connectivity index (χ4n) is 1.18. The van der Waals surface area contributed by atoms with Crippen LogP contribution in [-0.4, -0.2) is 23.1 Å². The first kappa shape index (κ1) is 12.7. The molecule has 90 valence electrons. The largest absolute Gasteiger partial charge is 0.478 e. The molecule has 0 aliphatic rings. The SMILES string of the molecule is CCOc1cc(C)nc(NCC(C)(C)C)n1. The van der Waals surface area contributed by atoms with Crippen LogP contribution in [0.3, 0.4) is 0 Å². The lowest BCUT2D eigenvalue weighted by Gasteiger charge is -2.18. The van der Waals surface area contributed by atoms with Gasteiger partial charge in [0.1, 0.15) is 0 Å². The Morgan fingerprint density at radius 3 is 2.56 bits per heavy atom. The van der Waals surface area contributed by atoms with Crippen LogP contribution in [0.5, 0.6) is 5.88 Å². The van der Waals surface area contributed by atoms with Gasteiger partial charge in [-0.15, -0.1) is 0 Å². The number of rotatable bonds is 4. The Labute approximate surface area is 97.5 Å². The number of anilines is 1. The quantitative estimate of drug-likeness (QED) is 0.852. The van der Waals surface area contributed by atoms with E-state index in [0.29, 0.717) is 18.4 Å². The maximum atomic E-state index is 5.37. The second kappa shape index (κ2) is 5.14. The molecule has 0 saturated heterocycles. The van der Waals surface area contributed by atoms with Gasteiger partial charge in [0, 0.05) is 18.3 Å². The van der Waals surface area contributed by atoms with Crippen molar-refractivity contribution < 1.29 is 4.74 Å². The van der Waals surface area contributed by atoms with E-state index in [1.165, 1.54) is 0 Å². The monoisotopic (exact) mass is 223 g/mol. The summed E-state index contributed by atoms with van der Waals surface area (Å²) in [5.74, 6) is 1.27. The Bertz CT molecular complexity index is 345. The summed E-state index contributed by atoms with van der Waals surface area (Å²) in [6.07, 6.45) is 0. The van der Waals surface area contributed by atoms with Crippen molar-refractivity contribution in [1.29, 1.82) is 0 Å². The van der Waals surface area contributed by atoms with Crippen LogP contribution in [-0.2, 0) is 0 Å². The number of aromatic nitrogens is 2. The molecule has 0 aliphatic carbocycles. The van der Waals surface area contributed by atoms with Crippen molar-refractivity contribution in [3.63, 3.8) is 0 Å². The number of nitrogens with zero attached hydrogens (tertiary/aromatic N) is 2. The molecule has 4 heteroatoms. The first-order valence-corrected chi connectivity index (χ1v) is 5.63. The minimum atomic E-state index is 0.207. The molecule has 0 aliphatic heterocycles. The number of aryl methyl sites for hydroxylation is 1. The molecule has 16 heavy (non-hydrogen) atoms. The third-order valence-electron chi connectivity index (χ3n) is 1.90. The first-order valence-electron chi connectivity index (χ1n) is 5.63. The summed E-state index contributed by atoms with van der Waals surface area (Å²) >= 11 is 0. The Morgan fingerprint density at radius 1 is 1.31 bits per heavy atom. The molecular formula is C12H21N3O. The maximum absolute atomic E-state index is 5.37. The first-order chi connectivity index (χ1) is 7.40. The van der Waals surface area contributed by atoms with Crippen LogP contribution in [0.15, 0.2) is 6.07 Å². The molecule has 0 bridgehead atoms. The highest BCUT2D eigenvalue weighted by Gasteiger charge is 2.11. The molecule has 0 amide bonds. The molecule has 0 fully saturated rings. The third kappa shape index (κ3) is 4.47. The van der Waals surface area contributed by atoms with Crippen LogP contribution < -0.4 is 10.1 Å². The van der Waals surface area contributed by atoms with Crippen molar-refractivity contribution in [3.8, 4) is 5.88 Å². The van der Waals surface area contributed by atoms with Crippen LogP contribution in [0.25, 0.3) is 0 Å². The predicted molar refractivity (Wildman–Crippen MR) is 65.9 cm³/mol. The number of hydrogen-bond donors (Lipinski definition) is 1. The van der Waals surface area contributed by atoms with Crippen molar-refractivity contribution in [2.75, 3.05) is 18.5 Å². The summed E-state index contributed by atoms with van der Waals surface area (Å²) in [5, 5.41) is 3.22. The van der Waals surface area contributed by atoms with E-state index in [4.69, 9.17) is 4.74 Å². The summed E-state index contributed by atoms with van der Waals surface area (Å²) < 4.78 is 5.37. The van der Waals surface area contributed by atoms with E-state index in [1.54, 1.807) is 0 Å². The zero-order valence-electron chi connectivity index (χ0n) is 10.8. The molecule has 0 saturated carbocycles. The van der Waals surface area contributed by atoms with Gasteiger partial charge in [0.15, 0.2) is 0 Å². The van der Waals surface area contributed by atoms with E-state index >= 15 is 0 Å². The highest BCUT2D eigenvalue weighted by Crippen LogP contribution is 2.16. The average molecular weight is 223 g/mol. The standard InChI is InChI=1S/C12H21N3O/c1-6-16-10-7-9(2)14-11(15-10)13-8-12(3,4)5/h7H,6,8H2,1-5H3,(H,13,14,15). The van der Waals surface area contributed by atoms with Gasteiger partial charge in [0.2, 0.25) is 11.8 Å². The van der Waals surface area contributed by atoms with Crippen LogP contribution in [0, 0.1) is 12.3 Å². The lowest BCUT2D eigenvalue weighted by Crippen LogP contribution is -2.20. The second-order valence-corrected chi connectivity index (χ2v) is 5.02. The van der Waals surface area contributed by atoms with Gasteiger partial charge in [-0.05, 0) is 19.3 Å². The summed E-state index contributed by atoms with van der Waals surface area (Å²) in [7, 11) is 0. The fraction of sp³-hybridized carbons (Fsp3) is 0.667. The second-order valence-electron chi connectivity index (χ2n) is 5.02. The molecule has 1 heterocycles. The van der Waals surface area contributed by atoms with Crippen molar-refractivity contribution in [2.45, 2.75) is 34.6 Å². The van der Waals surface area contributed by atoms with E-state index in [2.05, 4.69) is 36.1 Å². The van der Waals surface area contributed by atoms with Crippen LogP contribution in [0.4, 0.5) is 5.95 Å². The van der Waals surface area contributed by atoms with Gasteiger partial charge in [-0.25, -0.2) is 4.98 Å². The highest BCUT2D eigenvalue weighted by atomic mass is 16.5. The lowest BCUT2D eigenvalue weighted by molar-refractivity contribution is 0.326. The number of hydrogen-bond acceptors (Lipinski definition) is 4. The van der Waals surface area contributed by atoms with Crippen molar-refractivity contribution >= 4 is 5.95 Å². The molecule has 1 aromatic heterocycles. The molecule has 0 spiro atoms. The molecule has 1 rings (SSSR count). The minimum Gasteiger partial charge on any atom is -0.478 e. The highest BCUT2D eigenvalue weighted by molar-refractivity contribution is 5.30. The van der Waals surface area contributed by atoms with Gasteiger partial charge in [-0.2, -0.15) is 4.98 Å². The average Bonchev–Trinajstić information content (AvgIpc) is 2.13. The number of nitrogens with one attached hydrogen (secondary N) is 1. The molecule has 0 radical (unpaired) electrons. The molecule has 1 aromatic rings. The Morgan fingerprint density at radius 2 is 2.00 bits per heavy atom. The van der Waals surface area contributed by atoms with E-state index in [1.807, 2.05) is 19.9 Å². The van der Waals surface area contributed by atoms with Crippen molar-refractivity contribution in [3.05, 3.63) is 11.8 Å². The zero-order chi connectivity index (χ0) is 12.2.